The molecule has 1 heterocycles. The summed E-state index contributed by atoms with van der Waals surface area (Å²) >= 11 is 0. The summed E-state index contributed by atoms with van der Waals surface area (Å²) in [5, 5.41) is 53.6. The van der Waals surface area contributed by atoms with Gasteiger partial charge in [0.25, 0.3) is 5.91 Å². The molecule has 1 aromatic rings. The van der Waals surface area contributed by atoms with Crippen LogP contribution in [-0.4, -0.2) is 118 Å². The number of unbranched alkanes of at least 4 members (excludes halogenated alkanes) is 5. The third kappa shape index (κ3) is 19.6. The van der Waals surface area contributed by atoms with E-state index in [4.69, 9.17) is 15.6 Å². The Hall–Kier alpha value is -4.91. The second-order valence-corrected chi connectivity index (χ2v) is 15.7. The molecule has 1 fully saturated rings. The Morgan fingerprint density at radius 3 is 2.03 bits per heavy atom. The van der Waals surface area contributed by atoms with Gasteiger partial charge < -0.3 is 57.5 Å². The number of carbonyl (C=O) groups is 7. The maximum absolute atomic E-state index is 14.0. The normalized spacial score (nSPS) is 23.7. The zero-order valence-electron chi connectivity index (χ0n) is 35.7. The number of amides is 6. The second kappa shape index (κ2) is 28.6. The van der Waals surface area contributed by atoms with Gasteiger partial charge in [0.2, 0.25) is 29.5 Å². The SMILES string of the molecule is C/C=C/CCCCCCC[C@@H](C)[C@H]1OC(=O)C[C@@H](c2ccccc2)NC(=O)[C@H](CCC(N)=O)NC(=O)[C@H](CCC(=O)N[C@H](C)[C@@H](O)CCCO)NC(=O)[C@@H](CO)NC(=O)[C@H]1O. The lowest BCUT2D eigenvalue weighted by atomic mass is 9.92. The average molecular weight is 861 g/mol. The fourth-order valence-electron chi connectivity index (χ4n) is 6.88. The summed E-state index contributed by atoms with van der Waals surface area (Å²) in [7, 11) is 0. The molecule has 2 rings (SSSR count). The van der Waals surface area contributed by atoms with E-state index in [1.54, 1.807) is 44.2 Å². The predicted molar refractivity (Wildman–Crippen MR) is 225 cm³/mol. The van der Waals surface area contributed by atoms with Crippen LogP contribution in [0.15, 0.2) is 42.5 Å². The van der Waals surface area contributed by atoms with Gasteiger partial charge in [-0.3, -0.25) is 33.6 Å². The van der Waals surface area contributed by atoms with Crippen molar-refractivity contribution in [3.8, 4) is 0 Å². The number of aliphatic hydroxyl groups excluding tert-OH is 4. The van der Waals surface area contributed by atoms with Gasteiger partial charge in [0.1, 0.15) is 24.2 Å². The number of primary amides is 1. The smallest absolute Gasteiger partial charge is 0.308 e. The van der Waals surface area contributed by atoms with Gasteiger partial charge >= 0.3 is 5.97 Å². The molecule has 0 spiro atoms. The molecule has 0 unspecified atom stereocenters. The van der Waals surface area contributed by atoms with Crippen molar-refractivity contribution in [1.29, 1.82) is 0 Å². The highest BCUT2D eigenvalue weighted by atomic mass is 16.6. The molecule has 61 heavy (non-hydrogen) atoms. The van der Waals surface area contributed by atoms with Crippen molar-refractivity contribution in [2.24, 2.45) is 11.7 Å². The summed E-state index contributed by atoms with van der Waals surface area (Å²) in [5.41, 5.74) is 5.87. The minimum absolute atomic E-state index is 0.155. The lowest BCUT2D eigenvalue weighted by Gasteiger charge is -2.30. The highest BCUT2D eigenvalue weighted by Gasteiger charge is 2.38. The first-order valence-corrected chi connectivity index (χ1v) is 21.3. The number of nitrogens with one attached hydrogen (secondary N) is 5. The minimum atomic E-state index is -2.00. The molecular weight excluding hydrogens is 793 g/mol. The number of hydrogen-bond acceptors (Lipinski definition) is 12. The summed E-state index contributed by atoms with van der Waals surface area (Å²) < 4.78 is 5.81. The van der Waals surface area contributed by atoms with Gasteiger partial charge in [0.15, 0.2) is 6.10 Å². The largest absolute Gasteiger partial charge is 0.459 e. The van der Waals surface area contributed by atoms with E-state index in [1.807, 2.05) is 13.0 Å². The third-order valence-corrected chi connectivity index (χ3v) is 10.6. The fraction of sp³-hybridized carbons (Fsp3) is 0.651. The number of allylic oxidation sites excluding steroid dienone is 2. The summed E-state index contributed by atoms with van der Waals surface area (Å²) in [6, 6.07) is 1.86. The Morgan fingerprint density at radius 2 is 1.41 bits per heavy atom. The highest BCUT2D eigenvalue weighted by Crippen LogP contribution is 2.24. The first-order chi connectivity index (χ1) is 29.1. The van der Waals surface area contributed by atoms with Crippen LogP contribution in [0.5, 0.6) is 0 Å². The van der Waals surface area contributed by atoms with Gasteiger partial charge in [-0.25, -0.2) is 0 Å². The number of esters is 1. The van der Waals surface area contributed by atoms with Gasteiger partial charge in [-0.2, -0.15) is 0 Å². The average Bonchev–Trinajstić information content (AvgIpc) is 3.23. The van der Waals surface area contributed by atoms with Crippen molar-refractivity contribution in [2.75, 3.05) is 13.2 Å². The van der Waals surface area contributed by atoms with E-state index in [0.29, 0.717) is 24.8 Å². The van der Waals surface area contributed by atoms with Gasteiger partial charge in [-0.15, -0.1) is 0 Å². The van der Waals surface area contributed by atoms with Crippen molar-refractivity contribution in [3.05, 3.63) is 48.0 Å². The fourth-order valence-corrected chi connectivity index (χ4v) is 6.88. The zero-order chi connectivity index (χ0) is 45.3. The van der Waals surface area contributed by atoms with Crippen molar-refractivity contribution in [2.45, 2.75) is 159 Å². The van der Waals surface area contributed by atoms with Crippen LogP contribution in [0.3, 0.4) is 0 Å². The summed E-state index contributed by atoms with van der Waals surface area (Å²) in [6.45, 7) is 4.10. The van der Waals surface area contributed by atoms with E-state index in [-0.39, 0.29) is 38.7 Å². The molecule has 342 valence electrons. The Morgan fingerprint density at radius 1 is 0.820 bits per heavy atom. The molecule has 1 aliphatic rings. The van der Waals surface area contributed by atoms with Crippen molar-refractivity contribution in [3.63, 3.8) is 0 Å². The molecule has 0 saturated carbocycles. The van der Waals surface area contributed by atoms with Crippen molar-refractivity contribution >= 4 is 41.4 Å². The van der Waals surface area contributed by atoms with E-state index in [1.165, 1.54) is 0 Å². The van der Waals surface area contributed by atoms with E-state index in [9.17, 15) is 48.9 Å². The van der Waals surface area contributed by atoms with Crippen LogP contribution in [-0.2, 0) is 38.3 Å². The van der Waals surface area contributed by atoms with Crippen LogP contribution in [0.25, 0.3) is 0 Å². The monoisotopic (exact) mass is 860 g/mol. The molecule has 1 aromatic carbocycles. The Bertz CT molecular complexity index is 1580. The predicted octanol–water partition coefficient (Wildman–Crippen LogP) is 0.594. The van der Waals surface area contributed by atoms with Crippen molar-refractivity contribution < 1.29 is 58.7 Å². The van der Waals surface area contributed by atoms with E-state index in [0.717, 1.165) is 32.1 Å². The zero-order valence-corrected chi connectivity index (χ0v) is 35.7. The molecule has 6 amide bonds. The molecule has 1 aliphatic heterocycles. The number of ether oxygens (including phenoxy) is 1. The summed E-state index contributed by atoms with van der Waals surface area (Å²) in [5.74, 6) is -6.86. The molecule has 0 bridgehead atoms. The van der Waals surface area contributed by atoms with E-state index < -0.39 is 109 Å². The summed E-state index contributed by atoms with van der Waals surface area (Å²) in [4.78, 5) is 93.6. The Labute approximate surface area is 358 Å². The molecule has 9 atom stereocenters. The standard InChI is InChI=1S/C43H68N6O12/c1-4-5-6-7-8-9-10-12-16-27(2)39-38(56)43(60)49-33(26-51)42(59)47-31(21-23-36(54)45-28(3)34(52)19-15-24-50)40(57)46-30(20-22-35(44)53)41(58)48-32(25-37(55)61-39)29-17-13-11-14-18-29/h4-5,11,13-14,17-18,27-28,30-34,38-39,50-52,56H,6-10,12,15-16,19-26H2,1-3H3,(H2,44,53)(H,45,54)(H,46,57)(H,47,59)(H,48,58)(H,49,60)/b5-4+/t27-,28-,30+,31+,32+,33-,34+,38+,39-/m1/s1. The number of aliphatic hydroxyl groups is 4. The maximum atomic E-state index is 14.0. The van der Waals surface area contributed by atoms with Crippen LogP contribution in [0.2, 0.25) is 0 Å². The van der Waals surface area contributed by atoms with Crippen LogP contribution in [0.1, 0.15) is 122 Å². The number of benzene rings is 1. The van der Waals surface area contributed by atoms with Crippen LogP contribution in [0, 0.1) is 5.92 Å². The summed E-state index contributed by atoms with van der Waals surface area (Å²) in [6.07, 6.45) is 4.40. The minimum Gasteiger partial charge on any atom is -0.459 e. The van der Waals surface area contributed by atoms with Gasteiger partial charge in [-0.05, 0) is 70.3 Å². The van der Waals surface area contributed by atoms with Crippen LogP contribution < -0.4 is 32.3 Å². The van der Waals surface area contributed by atoms with Gasteiger partial charge in [0, 0.05) is 19.4 Å². The molecule has 11 N–H and O–H groups in total. The lowest BCUT2D eigenvalue weighted by molar-refractivity contribution is -0.164. The number of nitrogens with two attached hydrogens (primary N) is 1. The molecule has 0 aromatic heterocycles. The van der Waals surface area contributed by atoms with Gasteiger partial charge in [0.05, 0.1) is 31.2 Å². The number of carbonyl (C=O) groups excluding carboxylic acids is 7. The second-order valence-electron chi connectivity index (χ2n) is 15.7. The van der Waals surface area contributed by atoms with Crippen LogP contribution >= 0.6 is 0 Å². The quantitative estimate of drug-likeness (QED) is 0.0436. The Balaban J connectivity index is 2.51. The van der Waals surface area contributed by atoms with Gasteiger partial charge in [-0.1, -0.05) is 75.1 Å². The number of rotatable bonds is 22. The molecule has 0 aliphatic carbocycles. The first kappa shape index (κ1) is 52.2. The third-order valence-electron chi connectivity index (χ3n) is 10.6. The molecule has 1 saturated heterocycles. The Kier molecular flexibility index (Phi) is 24.5. The number of cyclic esters (lactones) is 1. The molecule has 18 heteroatoms. The molecular formula is C43H68N6O12. The first-order valence-electron chi connectivity index (χ1n) is 21.3. The van der Waals surface area contributed by atoms with E-state index >= 15 is 0 Å². The number of hydrogen-bond donors (Lipinski definition) is 10. The topological polar surface area (TPSA) is 296 Å². The van der Waals surface area contributed by atoms with Crippen LogP contribution in [0.4, 0.5) is 0 Å². The molecule has 18 nitrogen and oxygen atoms in total. The maximum Gasteiger partial charge on any atom is 0.308 e. The van der Waals surface area contributed by atoms with E-state index in [2.05, 4.69) is 32.7 Å². The highest BCUT2D eigenvalue weighted by molar-refractivity contribution is 5.95. The molecule has 0 radical (unpaired) electrons. The van der Waals surface area contributed by atoms with Crippen molar-refractivity contribution in [1.82, 2.24) is 26.6 Å². The lowest BCUT2D eigenvalue weighted by Crippen LogP contribution is -2.59.